The van der Waals surface area contributed by atoms with Gasteiger partial charge in [-0.3, -0.25) is 4.79 Å². The van der Waals surface area contributed by atoms with E-state index in [2.05, 4.69) is 12.2 Å². The third-order valence-corrected chi connectivity index (χ3v) is 3.64. The van der Waals surface area contributed by atoms with Gasteiger partial charge in [-0.1, -0.05) is 31.9 Å². The average Bonchev–Trinajstić information content (AvgIpc) is 2.58. The summed E-state index contributed by atoms with van der Waals surface area (Å²) in [5.74, 6) is -0.555. The third kappa shape index (κ3) is 5.23. The Balaban J connectivity index is 1.93. The molecule has 0 heterocycles. The number of aryl methyl sites for hydroxylation is 1. The van der Waals surface area contributed by atoms with E-state index in [1.54, 1.807) is 24.3 Å². The third-order valence-electron chi connectivity index (χ3n) is 3.64. The number of unbranched alkanes of at least 4 members (excludes halogenated alkanes) is 2. The topological polar surface area (TPSA) is 55.4 Å². The smallest absolute Gasteiger partial charge is 0.338 e. The van der Waals surface area contributed by atoms with Crippen molar-refractivity contribution in [1.29, 1.82) is 0 Å². The number of hydrogen-bond acceptors (Lipinski definition) is 3. The number of hydrogen-bond donors (Lipinski definition) is 1. The maximum Gasteiger partial charge on any atom is 0.338 e. The number of nitrogens with one attached hydrogen (secondary N) is 1. The Morgan fingerprint density at radius 3 is 2.38 bits per heavy atom. The second-order valence-electron chi connectivity index (χ2n) is 5.74. The highest BCUT2D eigenvalue weighted by Crippen LogP contribution is 2.13. The van der Waals surface area contributed by atoms with E-state index in [9.17, 15) is 9.59 Å². The Morgan fingerprint density at radius 1 is 1.00 bits per heavy atom. The van der Waals surface area contributed by atoms with Gasteiger partial charge in [0.05, 0.1) is 12.2 Å². The molecule has 1 N–H and O–H groups in total. The molecule has 2 aromatic rings. The van der Waals surface area contributed by atoms with Gasteiger partial charge >= 0.3 is 5.97 Å². The summed E-state index contributed by atoms with van der Waals surface area (Å²) in [6.45, 7) is 4.50. The summed E-state index contributed by atoms with van der Waals surface area (Å²) >= 11 is 0. The molecule has 0 aliphatic carbocycles. The molecule has 4 heteroatoms. The molecule has 0 saturated carbocycles. The number of amides is 1. The highest BCUT2D eigenvalue weighted by molar-refractivity contribution is 6.04. The van der Waals surface area contributed by atoms with Gasteiger partial charge in [-0.05, 0) is 55.3 Å². The van der Waals surface area contributed by atoms with Gasteiger partial charge in [0.15, 0.2) is 0 Å². The predicted molar refractivity (Wildman–Crippen MR) is 95.4 cm³/mol. The first-order valence-electron chi connectivity index (χ1n) is 8.25. The van der Waals surface area contributed by atoms with Crippen molar-refractivity contribution < 1.29 is 14.3 Å². The van der Waals surface area contributed by atoms with E-state index in [0.717, 1.165) is 30.5 Å². The standard InChI is InChI=1S/C20H23NO3/c1-3-4-5-13-24-20(23)17-11-9-16(10-12-17)19(22)21-18-8-6-7-15(2)14-18/h6-12,14H,3-5,13H2,1-2H3,(H,21,22). The number of carbonyl (C=O) groups excluding carboxylic acids is 2. The molecular formula is C20H23NO3. The molecule has 4 nitrogen and oxygen atoms in total. The Hall–Kier alpha value is -2.62. The Morgan fingerprint density at radius 2 is 1.71 bits per heavy atom. The van der Waals surface area contributed by atoms with Crippen molar-refractivity contribution in [3.63, 3.8) is 0 Å². The molecule has 126 valence electrons. The van der Waals surface area contributed by atoms with Gasteiger partial charge in [-0.15, -0.1) is 0 Å². The molecule has 0 bridgehead atoms. The Labute approximate surface area is 142 Å². The number of esters is 1. The van der Waals surface area contributed by atoms with Crippen molar-refractivity contribution >= 4 is 17.6 Å². The summed E-state index contributed by atoms with van der Waals surface area (Å²) in [5, 5.41) is 2.84. The van der Waals surface area contributed by atoms with Gasteiger partial charge in [0, 0.05) is 11.3 Å². The van der Waals surface area contributed by atoms with Crippen molar-refractivity contribution in [2.45, 2.75) is 33.1 Å². The summed E-state index contributed by atoms with van der Waals surface area (Å²) in [7, 11) is 0. The van der Waals surface area contributed by atoms with Gasteiger partial charge in [0.25, 0.3) is 5.91 Å². The van der Waals surface area contributed by atoms with Crippen LogP contribution < -0.4 is 5.32 Å². The number of anilines is 1. The van der Waals surface area contributed by atoms with E-state index >= 15 is 0 Å². The minimum absolute atomic E-state index is 0.205. The summed E-state index contributed by atoms with van der Waals surface area (Å²) in [6.07, 6.45) is 3.01. The lowest BCUT2D eigenvalue weighted by Crippen LogP contribution is -2.12. The fourth-order valence-corrected chi connectivity index (χ4v) is 2.28. The van der Waals surface area contributed by atoms with E-state index < -0.39 is 0 Å². The molecule has 0 spiro atoms. The van der Waals surface area contributed by atoms with Crippen LogP contribution in [0.15, 0.2) is 48.5 Å². The first-order chi connectivity index (χ1) is 11.6. The average molecular weight is 325 g/mol. The second kappa shape index (κ2) is 8.87. The van der Waals surface area contributed by atoms with Gasteiger partial charge in [-0.2, -0.15) is 0 Å². The monoisotopic (exact) mass is 325 g/mol. The molecule has 0 aromatic heterocycles. The predicted octanol–water partition coefficient (Wildman–Crippen LogP) is 4.59. The summed E-state index contributed by atoms with van der Waals surface area (Å²) < 4.78 is 5.20. The number of benzene rings is 2. The zero-order valence-corrected chi connectivity index (χ0v) is 14.2. The van der Waals surface area contributed by atoms with Crippen LogP contribution in [0.4, 0.5) is 5.69 Å². The Bertz CT molecular complexity index is 692. The van der Waals surface area contributed by atoms with Gasteiger partial charge in [0.1, 0.15) is 0 Å². The van der Waals surface area contributed by atoms with E-state index in [1.807, 2.05) is 31.2 Å². The number of carbonyl (C=O) groups is 2. The molecule has 0 aliphatic heterocycles. The van der Waals surface area contributed by atoms with E-state index in [4.69, 9.17) is 4.74 Å². The van der Waals surface area contributed by atoms with Gasteiger partial charge < -0.3 is 10.1 Å². The first kappa shape index (κ1) is 17.7. The quantitative estimate of drug-likeness (QED) is 0.598. The van der Waals surface area contributed by atoms with Crippen LogP contribution in [0, 0.1) is 6.92 Å². The van der Waals surface area contributed by atoms with E-state index in [1.165, 1.54) is 0 Å². The number of rotatable bonds is 7. The lowest BCUT2D eigenvalue weighted by Gasteiger charge is -2.07. The first-order valence-corrected chi connectivity index (χ1v) is 8.25. The van der Waals surface area contributed by atoms with Gasteiger partial charge in [-0.25, -0.2) is 4.79 Å². The molecule has 2 rings (SSSR count). The van der Waals surface area contributed by atoms with Crippen molar-refractivity contribution in [3.8, 4) is 0 Å². The molecule has 0 fully saturated rings. The van der Waals surface area contributed by atoms with Crippen LogP contribution in [-0.2, 0) is 4.74 Å². The molecule has 0 atom stereocenters. The van der Waals surface area contributed by atoms with Crippen molar-refractivity contribution in [2.24, 2.45) is 0 Å². The van der Waals surface area contributed by atoms with Crippen molar-refractivity contribution in [2.75, 3.05) is 11.9 Å². The summed E-state index contributed by atoms with van der Waals surface area (Å²) in [4.78, 5) is 24.1. The fraction of sp³-hybridized carbons (Fsp3) is 0.300. The van der Waals surface area contributed by atoms with E-state index in [0.29, 0.717) is 17.7 Å². The molecule has 0 radical (unpaired) electrons. The van der Waals surface area contributed by atoms with E-state index in [-0.39, 0.29) is 11.9 Å². The largest absolute Gasteiger partial charge is 0.462 e. The molecule has 0 saturated heterocycles. The maximum atomic E-state index is 12.2. The maximum absolute atomic E-state index is 12.2. The Kier molecular flexibility index (Phi) is 6.55. The van der Waals surface area contributed by atoms with Crippen molar-refractivity contribution in [3.05, 3.63) is 65.2 Å². The van der Waals surface area contributed by atoms with Crippen LogP contribution in [0.2, 0.25) is 0 Å². The molecule has 1 amide bonds. The van der Waals surface area contributed by atoms with Crippen LogP contribution in [0.5, 0.6) is 0 Å². The van der Waals surface area contributed by atoms with Gasteiger partial charge in [0.2, 0.25) is 0 Å². The van der Waals surface area contributed by atoms with Crippen molar-refractivity contribution in [1.82, 2.24) is 0 Å². The highest BCUT2D eigenvalue weighted by Gasteiger charge is 2.10. The second-order valence-corrected chi connectivity index (χ2v) is 5.74. The zero-order valence-electron chi connectivity index (χ0n) is 14.2. The molecule has 2 aromatic carbocycles. The van der Waals surface area contributed by atoms with Crippen LogP contribution in [0.3, 0.4) is 0 Å². The van der Waals surface area contributed by atoms with Crippen LogP contribution in [0.1, 0.15) is 52.5 Å². The van der Waals surface area contributed by atoms with Crippen LogP contribution in [-0.4, -0.2) is 18.5 Å². The normalized spacial score (nSPS) is 10.2. The molecular weight excluding hydrogens is 302 g/mol. The molecule has 0 unspecified atom stereocenters. The zero-order chi connectivity index (χ0) is 17.4. The minimum atomic E-state index is -0.350. The minimum Gasteiger partial charge on any atom is -0.462 e. The lowest BCUT2D eigenvalue weighted by molar-refractivity contribution is 0.0498. The summed E-state index contributed by atoms with van der Waals surface area (Å²) in [5.41, 5.74) is 2.78. The van der Waals surface area contributed by atoms with Crippen LogP contribution >= 0.6 is 0 Å². The number of ether oxygens (including phenoxy) is 1. The molecule has 24 heavy (non-hydrogen) atoms. The molecule has 0 aliphatic rings. The van der Waals surface area contributed by atoms with Crippen LogP contribution in [0.25, 0.3) is 0 Å². The summed E-state index contributed by atoms with van der Waals surface area (Å²) in [6, 6.07) is 14.1. The SMILES string of the molecule is CCCCCOC(=O)c1ccc(C(=O)Nc2cccc(C)c2)cc1. The fourth-order valence-electron chi connectivity index (χ4n) is 2.28. The lowest BCUT2D eigenvalue weighted by atomic mass is 10.1. The highest BCUT2D eigenvalue weighted by atomic mass is 16.5.